The number of carbonyl (C=O) groups is 2. The Morgan fingerprint density at radius 3 is 2.81 bits per heavy atom. The number of nitrogens with zero attached hydrogens (tertiary/aromatic N) is 2. The van der Waals surface area contributed by atoms with Crippen LogP contribution in [0, 0.1) is 0 Å². The van der Waals surface area contributed by atoms with Crippen LogP contribution in [0.5, 0.6) is 0 Å². The first-order valence-electron chi connectivity index (χ1n) is 4.48. The van der Waals surface area contributed by atoms with Gasteiger partial charge in [0.2, 0.25) is 0 Å². The molecule has 1 rings (SSSR count). The molecule has 1 aromatic rings. The van der Waals surface area contributed by atoms with Crippen molar-refractivity contribution in [2.24, 2.45) is 0 Å². The highest BCUT2D eigenvalue weighted by Gasteiger charge is 2.18. The van der Waals surface area contributed by atoms with Gasteiger partial charge in [0, 0.05) is 0 Å². The highest BCUT2D eigenvalue weighted by Crippen LogP contribution is 2.19. The normalized spacial score (nSPS) is 10.4. The van der Waals surface area contributed by atoms with E-state index in [1.54, 1.807) is 0 Å². The SMILES string of the molecule is CC(C)c1nnsc1C(=O)NOCC(=O)O. The van der Waals surface area contributed by atoms with Gasteiger partial charge in [-0.15, -0.1) is 5.10 Å². The predicted octanol–water partition coefficient (Wildman–Crippen LogP) is 0.407. The maximum atomic E-state index is 11.5. The molecule has 7 nitrogen and oxygen atoms in total. The largest absolute Gasteiger partial charge is 0.479 e. The topological polar surface area (TPSA) is 101 Å². The second-order valence-electron chi connectivity index (χ2n) is 3.26. The third-order valence-corrected chi connectivity index (χ3v) is 2.37. The van der Waals surface area contributed by atoms with E-state index in [4.69, 9.17) is 5.11 Å². The Balaban J connectivity index is 2.59. The molecule has 0 aliphatic heterocycles. The van der Waals surface area contributed by atoms with Crippen LogP contribution in [0.1, 0.15) is 35.1 Å². The van der Waals surface area contributed by atoms with Gasteiger partial charge in [0.15, 0.2) is 6.61 Å². The van der Waals surface area contributed by atoms with E-state index in [1.807, 2.05) is 19.3 Å². The van der Waals surface area contributed by atoms with Gasteiger partial charge in [-0.25, -0.2) is 10.3 Å². The van der Waals surface area contributed by atoms with E-state index in [0.29, 0.717) is 10.6 Å². The number of hydrogen-bond donors (Lipinski definition) is 2. The molecule has 0 radical (unpaired) electrons. The summed E-state index contributed by atoms with van der Waals surface area (Å²) in [7, 11) is 0. The van der Waals surface area contributed by atoms with E-state index in [2.05, 4.69) is 14.4 Å². The molecule has 0 aromatic carbocycles. The van der Waals surface area contributed by atoms with Crippen LogP contribution < -0.4 is 5.48 Å². The molecule has 0 spiro atoms. The average molecular weight is 245 g/mol. The second kappa shape index (κ2) is 5.52. The van der Waals surface area contributed by atoms with Gasteiger partial charge in [-0.2, -0.15) is 0 Å². The van der Waals surface area contributed by atoms with Crippen molar-refractivity contribution >= 4 is 23.4 Å². The molecular formula is C8H11N3O4S. The van der Waals surface area contributed by atoms with Crippen LogP contribution >= 0.6 is 11.5 Å². The first-order valence-corrected chi connectivity index (χ1v) is 5.26. The van der Waals surface area contributed by atoms with E-state index in [-0.39, 0.29) is 5.92 Å². The van der Waals surface area contributed by atoms with E-state index in [1.165, 1.54) is 0 Å². The minimum Gasteiger partial charge on any atom is -0.479 e. The Labute approximate surface area is 95.5 Å². The Kier molecular flexibility index (Phi) is 4.32. The Morgan fingerprint density at radius 2 is 2.25 bits per heavy atom. The smallest absolute Gasteiger partial charge is 0.332 e. The molecule has 1 aromatic heterocycles. The van der Waals surface area contributed by atoms with Gasteiger partial charge < -0.3 is 5.11 Å². The molecule has 16 heavy (non-hydrogen) atoms. The summed E-state index contributed by atoms with van der Waals surface area (Å²) >= 11 is 0.944. The number of rotatable bonds is 5. The zero-order chi connectivity index (χ0) is 12.1. The summed E-state index contributed by atoms with van der Waals surface area (Å²) in [6, 6.07) is 0. The molecule has 0 saturated carbocycles. The molecular weight excluding hydrogens is 234 g/mol. The Morgan fingerprint density at radius 1 is 1.56 bits per heavy atom. The van der Waals surface area contributed by atoms with Crippen molar-refractivity contribution in [2.75, 3.05) is 6.61 Å². The lowest BCUT2D eigenvalue weighted by atomic mass is 10.1. The van der Waals surface area contributed by atoms with Crippen LogP contribution in [0.2, 0.25) is 0 Å². The summed E-state index contributed by atoms with van der Waals surface area (Å²) in [4.78, 5) is 26.5. The van der Waals surface area contributed by atoms with E-state index >= 15 is 0 Å². The van der Waals surface area contributed by atoms with E-state index in [9.17, 15) is 9.59 Å². The second-order valence-corrected chi connectivity index (χ2v) is 4.01. The molecule has 0 atom stereocenters. The maximum absolute atomic E-state index is 11.5. The van der Waals surface area contributed by atoms with Crippen LogP contribution in [0.25, 0.3) is 0 Å². The lowest BCUT2D eigenvalue weighted by molar-refractivity contribution is -0.144. The van der Waals surface area contributed by atoms with Crippen molar-refractivity contribution in [3.8, 4) is 0 Å². The van der Waals surface area contributed by atoms with Gasteiger partial charge in [0.25, 0.3) is 5.91 Å². The standard InChI is InChI=1S/C8H11N3O4S/c1-4(2)6-7(16-11-9-6)8(14)10-15-3-5(12)13/h4H,3H2,1-2H3,(H,10,14)(H,12,13). The zero-order valence-corrected chi connectivity index (χ0v) is 9.58. The van der Waals surface area contributed by atoms with Crippen LogP contribution in [0.15, 0.2) is 0 Å². The van der Waals surface area contributed by atoms with Crippen molar-refractivity contribution in [3.63, 3.8) is 0 Å². The van der Waals surface area contributed by atoms with E-state index < -0.39 is 18.5 Å². The number of aliphatic carboxylic acids is 1. The fourth-order valence-corrected chi connectivity index (χ4v) is 1.65. The number of hydrogen-bond acceptors (Lipinski definition) is 6. The number of carbonyl (C=O) groups excluding carboxylic acids is 1. The molecule has 2 N–H and O–H groups in total. The van der Waals surface area contributed by atoms with Gasteiger partial charge in [0.05, 0.1) is 5.69 Å². The van der Waals surface area contributed by atoms with Crippen molar-refractivity contribution < 1.29 is 19.5 Å². The van der Waals surface area contributed by atoms with Crippen LogP contribution in [0.3, 0.4) is 0 Å². The van der Waals surface area contributed by atoms with Gasteiger partial charge >= 0.3 is 5.97 Å². The Bertz CT molecular complexity index is 390. The fraction of sp³-hybridized carbons (Fsp3) is 0.500. The first-order chi connectivity index (χ1) is 7.52. The molecule has 0 aliphatic carbocycles. The number of aromatic nitrogens is 2. The van der Waals surface area contributed by atoms with E-state index in [0.717, 1.165) is 11.5 Å². The number of carboxylic acid groups (broad SMARTS) is 1. The molecule has 0 aliphatic rings. The highest BCUT2D eigenvalue weighted by atomic mass is 32.1. The monoisotopic (exact) mass is 245 g/mol. The van der Waals surface area contributed by atoms with Crippen molar-refractivity contribution in [1.82, 2.24) is 15.1 Å². The van der Waals surface area contributed by atoms with Crippen molar-refractivity contribution in [1.29, 1.82) is 0 Å². The molecule has 0 bridgehead atoms. The number of carboxylic acids is 1. The average Bonchev–Trinajstić information content (AvgIpc) is 2.65. The molecule has 8 heteroatoms. The minimum atomic E-state index is -1.16. The molecule has 88 valence electrons. The number of hydroxylamine groups is 1. The van der Waals surface area contributed by atoms with Crippen molar-refractivity contribution in [3.05, 3.63) is 10.6 Å². The molecule has 0 saturated heterocycles. The maximum Gasteiger partial charge on any atom is 0.332 e. The quantitative estimate of drug-likeness (QED) is 0.728. The Hall–Kier alpha value is -1.54. The third kappa shape index (κ3) is 3.24. The predicted molar refractivity (Wildman–Crippen MR) is 55.1 cm³/mol. The zero-order valence-electron chi connectivity index (χ0n) is 8.76. The van der Waals surface area contributed by atoms with Gasteiger partial charge in [0.1, 0.15) is 4.88 Å². The summed E-state index contributed by atoms with van der Waals surface area (Å²) in [6.07, 6.45) is 0. The minimum absolute atomic E-state index is 0.0685. The van der Waals surface area contributed by atoms with Crippen molar-refractivity contribution in [2.45, 2.75) is 19.8 Å². The van der Waals surface area contributed by atoms with Crippen LogP contribution in [-0.2, 0) is 9.63 Å². The van der Waals surface area contributed by atoms with Gasteiger partial charge in [-0.05, 0) is 17.5 Å². The molecule has 1 amide bonds. The summed E-state index contributed by atoms with van der Waals surface area (Å²) in [5.41, 5.74) is 2.59. The number of nitrogens with one attached hydrogen (secondary N) is 1. The van der Waals surface area contributed by atoms with Gasteiger partial charge in [-0.3, -0.25) is 9.63 Å². The molecule has 0 fully saturated rings. The molecule has 0 unspecified atom stereocenters. The summed E-state index contributed by atoms with van der Waals surface area (Å²) in [5, 5.41) is 12.1. The lowest BCUT2D eigenvalue weighted by Gasteiger charge is -2.04. The lowest BCUT2D eigenvalue weighted by Crippen LogP contribution is -2.26. The van der Waals surface area contributed by atoms with Gasteiger partial charge in [-0.1, -0.05) is 18.3 Å². The van der Waals surface area contributed by atoms with Crippen LogP contribution in [-0.4, -0.2) is 33.2 Å². The third-order valence-electron chi connectivity index (χ3n) is 1.63. The number of amides is 1. The summed E-state index contributed by atoms with van der Waals surface area (Å²) in [6.45, 7) is 3.17. The highest BCUT2D eigenvalue weighted by molar-refractivity contribution is 7.08. The summed E-state index contributed by atoms with van der Waals surface area (Å²) in [5.74, 6) is -1.62. The van der Waals surface area contributed by atoms with Crippen LogP contribution in [0.4, 0.5) is 0 Å². The molecule has 1 heterocycles. The summed E-state index contributed by atoms with van der Waals surface area (Å²) < 4.78 is 3.67. The first kappa shape index (κ1) is 12.5. The fourth-order valence-electron chi connectivity index (χ4n) is 0.943.